The zero-order chi connectivity index (χ0) is 11.4. The van der Waals surface area contributed by atoms with Crippen LogP contribution >= 0.6 is 0 Å². The van der Waals surface area contributed by atoms with E-state index < -0.39 is 10.8 Å². The molecule has 3 nitrogen and oxygen atoms in total. The van der Waals surface area contributed by atoms with Gasteiger partial charge in [-0.15, -0.1) is 0 Å². The smallest absolute Gasteiger partial charge is 0.0363 e. The van der Waals surface area contributed by atoms with Crippen molar-refractivity contribution in [3.8, 4) is 0 Å². The summed E-state index contributed by atoms with van der Waals surface area (Å²) in [6.07, 6.45) is 5.47. The molecule has 2 unspecified atom stereocenters. The second-order valence-corrected chi connectivity index (χ2v) is 6.78. The average Bonchev–Trinajstić information content (AvgIpc) is 2.33. The molecule has 0 aromatic carbocycles. The standard InChI is InChI=1S/C12H24N2OS/c1-13-12-5-3-2-4-11(12)10-14-6-8-16(15)9-7-14/h11-13H,2-10H2,1H3. The van der Waals surface area contributed by atoms with Crippen molar-refractivity contribution in [1.29, 1.82) is 0 Å². The first-order chi connectivity index (χ1) is 7.79. The Kier molecular flexibility index (Phi) is 4.79. The van der Waals surface area contributed by atoms with Gasteiger partial charge in [0.25, 0.3) is 0 Å². The van der Waals surface area contributed by atoms with E-state index in [9.17, 15) is 4.21 Å². The van der Waals surface area contributed by atoms with Gasteiger partial charge in [-0.25, -0.2) is 0 Å². The van der Waals surface area contributed by atoms with Gasteiger partial charge >= 0.3 is 0 Å². The third kappa shape index (κ3) is 3.28. The fourth-order valence-electron chi connectivity index (χ4n) is 3.00. The summed E-state index contributed by atoms with van der Waals surface area (Å²) in [7, 11) is 1.56. The molecule has 1 heterocycles. The number of hydrogen-bond donors (Lipinski definition) is 1. The van der Waals surface area contributed by atoms with Crippen molar-refractivity contribution in [3.63, 3.8) is 0 Å². The van der Waals surface area contributed by atoms with Crippen molar-refractivity contribution in [3.05, 3.63) is 0 Å². The first-order valence-corrected chi connectivity index (χ1v) is 8.03. The monoisotopic (exact) mass is 244 g/mol. The number of rotatable bonds is 3. The molecule has 0 amide bonds. The molecule has 0 aromatic rings. The zero-order valence-corrected chi connectivity index (χ0v) is 11.1. The summed E-state index contributed by atoms with van der Waals surface area (Å²) in [5.74, 6) is 2.58. The third-order valence-electron chi connectivity index (χ3n) is 4.04. The summed E-state index contributed by atoms with van der Waals surface area (Å²) < 4.78 is 11.3. The Morgan fingerprint density at radius 2 is 1.94 bits per heavy atom. The maximum absolute atomic E-state index is 11.3. The Labute approximate surface area is 101 Å². The fourth-order valence-corrected chi connectivity index (χ4v) is 4.12. The summed E-state index contributed by atoms with van der Waals surface area (Å²) in [4.78, 5) is 2.52. The van der Waals surface area contributed by atoms with E-state index in [1.165, 1.54) is 32.2 Å². The van der Waals surface area contributed by atoms with Gasteiger partial charge in [-0.3, -0.25) is 4.21 Å². The van der Waals surface area contributed by atoms with Gasteiger partial charge < -0.3 is 10.2 Å². The molecule has 0 aromatic heterocycles. The predicted octanol–water partition coefficient (Wildman–Crippen LogP) is 0.829. The predicted molar refractivity (Wildman–Crippen MR) is 69.1 cm³/mol. The van der Waals surface area contributed by atoms with Gasteiger partial charge in [0.05, 0.1) is 0 Å². The lowest BCUT2D eigenvalue weighted by Crippen LogP contribution is -2.46. The summed E-state index contributed by atoms with van der Waals surface area (Å²) >= 11 is 0. The van der Waals surface area contributed by atoms with Gasteiger partial charge in [0.15, 0.2) is 0 Å². The number of nitrogens with one attached hydrogen (secondary N) is 1. The lowest BCUT2D eigenvalue weighted by Gasteiger charge is -2.36. The second-order valence-electron chi connectivity index (χ2n) is 5.09. The molecule has 16 heavy (non-hydrogen) atoms. The maximum Gasteiger partial charge on any atom is 0.0363 e. The summed E-state index contributed by atoms with van der Waals surface area (Å²) in [5.41, 5.74) is 0. The van der Waals surface area contributed by atoms with Gasteiger partial charge in [0.2, 0.25) is 0 Å². The fraction of sp³-hybridized carbons (Fsp3) is 1.00. The van der Waals surface area contributed by atoms with Crippen molar-refractivity contribution >= 4 is 10.8 Å². The Morgan fingerprint density at radius 3 is 2.62 bits per heavy atom. The molecule has 2 rings (SSSR count). The van der Waals surface area contributed by atoms with Crippen LogP contribution in [0.2, 0.25) is 0 Å². The second kappa shape index (κ2) is 6.12. The molecule has 1 aliphatic carbocycles. The van der Waals surface area contributed by atoms with Crippen molar-refractivity contribution in [2.24, 2.45) is 5.92 Å². The van der Waals surface area contributed by atoms with Crippen LogP contribution in [0.4, 0.5) is 0 Å². The molecule has 94 valence electrons. The van der Waals surface area contributed by atoms with E-state index >= 15 is 0 Å². The largest absolute Gasteiger partial charge is 0.317 e. The Bertz CT molecular complexity index is 237. The van der Waals surface area contributed by atoms with Gasteiger partial charge in [0.1, 0.15) is 0 Å². The SMILES string of the molecule is CNC1CCCCC1CN1CCS(=O)CC1. The van der Waals surface area contributed by atoms with Crippen molar-refractivity contribution in [2.75, 3.05) is 38.2 Å². The maximum atomic E-state index is 11.3. The van der Waals surface area contributed by atoms with Crippen molar-refractivity contribution < 1.29 is 4.21 Å². The van der Waals surface area contributed by atoms with Crippen LogP contribution in [-0.4, -0.2) is 53.3 Å². The van der Waals surface area contributed by atoms with E-state index in [0.717, 1.165) is 30.5 Å². The highest BCUT2D eigenvalue weighted by Gasteiger charge is 2.26. The van der Waals surface area contributed by atoms with E-state index in [4.69, 9.17) is 0 Å². The number of nitrogens with zero attached hydrogens (tertiary/aromatic N) is 1. The highest BCUT2D eigenvalue weighted by Crippen LogP contribution is 2.25. The van der Waals surface area contributed by atoms with Gasteiger partial charge in [-0.1, -0.05) is 12.8 Å². The molecule has 1 saturated heterocycles. The van der Waals surface area contributed by atoms with Crippen LogP contribution in [0, 0.1) is 5.92 Å². The van der Waals surface area contributed by atoms with Crippen molar-refractivity contribution in [2.45, 2.75) is 31.7 Å². The molecule has 0 bridgehead atoms. The van der Waals surface area contributed by atoms with Crippen LogP contribution in [-0.2, 0) is 10.8 Å². The zero-order valence-electron chi connectivity index (χ0n) is 10.3. The van der Waals surface area contributed by atoms with Crippen LogP contribution in [0.1, 0.15) is 25.7 Å². The van der Waals surface area contributed by atoms with E-state index in [0.29, 0.717) is 6.04 Å². The van der Waals surface area contributed by atoms with Gasteiger partial charge in [-0.2, -0.15) is 0 Å². The third-order valence-corrected chi connectivity index (χ3v) is 5.32. The Morgan fingerprint density at radius 1 is 1.25 bits per heavy atom. The first-order valence-electron chi connectivity index (χ1n) is 6.54. The molecular weight excluding hydrogens is 220 g/mol. The molecular formula is C12H24N2OS. The minimum atomic E-state index is -0.535. The van der Waals surface area contributed by atoms with Crippen LogP contribution in [0.3, 0.4) is 0 Å². The molecule has 1 saturated carbocycles. The quantitative estimate of drug-likeness (QED) is 0.798. The van der Waals surface area contributed by atoms with Crippen LogP contribution < -0.4 is 5.32 Å². The summed E-state index contributed by atoms with van der Waals surface area (Å²) in [6, 6.07) is 0.709. The van der Waals surface area contributed by atoms with Crippen LogP contribution in [0.25, 0.3) is 0 Å². The molecule has 2 fully saturated rings. The summed E-state index contributed by atoms with van der Waals surface area (Å²) in [6.45, 7) is 3.29. The minimum absolute atomic E-state index is 0.535. The lowest BCUT2D eigenvalue weighted by molar-refractivity contribution is 0.181. The van der Waals surface area contributed by atoms with E-state index in [1.54, 1.807) is 0 Å². The van der Waals surface area contributed by atoms with E-state index in [-0.39, 0.29) is 0 Å². The Balaban J connectivity index is 1.80. The normalized spacial score (nSPS) is 34.1. The topological polar surface area (TPSA) is 32.3 Å². The van der Waals surface area contributed by atoms with Gasteiger partial charge in [0, 0.05) is 48.0 Å². The Hall–Kier alpha value is 0.0700. The summed E-state index contributed by atoms with van der Waals surface area (Å²) in [5, 5.41) is 3.47. The highest BCUT2D eigenvalue weighted by atomic mass is 32.2. The molecule has 1 aliphatic heterocycles. The van der Waals surface area contributed by atoms with E-state index in [1.807, 2.05) is 0 Å². The average molecular weight is 244 g/mol. The molecule has 1 N–H and O–H groups in total. The number of hydrogen-bond acceptors (Lipinski definition) is 3. The van der Waals surface area contributed by atoms with Crippen LogP contribution in [0.15, 0.2) is 0 Å². The molecule has 2 atom stereocenters. The molecule has 4 heteroatoms. The molecule has 0 spiro atoms. The highest BCUT2D eigenvalue weighted by molar-refractivity contribution is 7.85. The van der Waals surface area contributed by atoms with E-state index in [2.05, 4.69) is 17.3 Å². The molecule has 0 radical (unpaired) electrons. The van der Waals surface area contributed by atoms with Gasteiger partial charge in [-0.05, 0) is 25.8 Å². The van der Waals surface area contributed by atoms with Crippen molar-refractivity contribution in [1.82, 2.24) is 10.2 Å². The molecule has 2 aliphatic rings. The first kappa shape index (κ1) is 12.5. The minimum Gasteiger partial charge on any atom is -0.317 e. The van der Waals surface area contributed by atoms with Crippen LogP contribution in [0.5, 0.6) is 0 Å². The lowest BCUT2D eigenvalue weighted by atomic mass is 9.84.